The first-order valence-electron chi connectivity index (χ1n) is 7.28. The van der Waals surface area contributed by atoms with E-state index in [-0.39, 0.29) is 50.7 Å². The molecular formula is C16H34Cl2HfNSi-2. The third-order valence-electron chi connectivity index (χ3n) is 2.70. The molecule has 0 fully saturated rings. The molecule has 1 rings (SSSR count). The average Bonchev–Trinajstić information content (AvgIpc) is 2.84. The van der Waals surface area contributed by atoms with E-state index in [9.17, 15) is 0 Å². The number of unbranched alkanes of at least 4 members (excludes halogenated alkanes) is 1. The van der Waals surface area contributed by atoms with Crippen LogP contribution in [-0.4, -0.2) is 16.1 Å². The second kappa shape index (κ2) is 29.2. The van der Waals surface area contributed by atoms with Crippen molar-refractivity contribution in [2.45, 2.75) is 66.0 Å². The third kappa shape index (κ3) is 29.7. The van der Waals surface area contributed by atoms with Crippen LogP contribution in [0.1, 0.15) is 52.9 Å². The topological polar surface area (TPSA) is 23.8 Å². The minimum Gasteiger partial charge on any atom is -0.677 e. The van der Waals surface area contributed by atoms with Gasteiger partial charge in [-0.1, -0.05) is 58.5 Å². The van der Waals surface area contributed by atoms with Crippen LogP contribution in [0.15, 0.2) is 17.7 Å². The predicted molar refractivity (Wildman–Crippen MR) is 102 cm³/mol. The quantitative estimate of drug-likeness (QED) is 0.301. The van der Waals surface area contributed by atoms with Crippen LogP contribution >= 0.6 is 24.8 Å². The molecule has 1 unspecified atom stereocenters. The first kappa shape index (κ1) is 33.7. The average molecular weight is 518 g/mol. The van der Waals surface area contributed by atoms with Crippen molar-refractivity contribution in [2.24, 2.45) is 5.92 Å². The van der Waals surface area contributed by atoms with Crippen LogP contribution in [0, 0.1) is 12.0 Å². The van der Waals surface area contributed by atoms with Gasteiger partial charge in [0.2, 0.25) is 0 Å². The summed E-state index contributed by atoms with van der Waals surface area (Å²) in [6.45, 7) is 11.5. The van der Waals surface area contributed by atoms with Crippen LogP contribution in [0.25, 0.3) is 5.73 Å². The minimum atomic E-state index is 0. The molecule has 5 heteroatoms. The molecule has 0 aromatic heterocycles. The molecule has 0 saturated heterocycles. The molecule has 1 radical (unpaired) electrons. The first-order chi connectivity index (χ1) is 8.65. The fraction of sp³-hybridized carbons (Fsp3) is 0.750. The summed E-state index contributed by atoms with van der Waals surface area (Å²) in [4.78, 5) is 0. The van der Waals surface area contributed by atoms with E-state index in [1.807, 2.05) is 6.08 Å². The Morgan fingerprint density at radius 1 is 1.29 bits per heavy atom. The van der Waals surface area contributed by atoms with E-state index in [2.05, 4.69) is 46.0 Å². The fourth-order valence-corrected chi connectivity index (χ4v) is 1.44. The van der Waals surface area contributed by atoms with Crippen molar-refractivity contribution in [3.05, 3.63) is 29.5 Å². The summed E-state index contributed by atoms with van der Waals surface area (Å²) < 4.78 is 0. The molecule has 0 saturated carbocycles. The summed E-state index contributed by atoms with van der Waals surface area (Å²) >= 11 is 0. The largest absolute Gasteiger partial charge is 0.677 e. The SMILES string of the molecule is CC1=CC[C-]=C1.CCCCC(CC)C[NH-].C[SiH]C.Cl.Cl.[Hf]. The zero-order valence-electron chi connectivity index (χ0n) is 14.4. The molecule has 0 bridgehead atoms. The molecular weight excluding hydrogens is 484 g/mol. The molecule has 0 amide bonds. The van der Waals surface area contributed by atoms with Crippen molar-refractivity contribution >= 4 is 34.3 Å². The number of halogens is 2. The Morgan fingerprint density at radius 3 is 2.00 bits per heavy atom. The number of hydrogen-bond donors (Lipinski definition) is 0. The van der Waals surface area contributed by atoms with Gasteiger partial charge in [0, 0.05) is 35.4 Å². The second-order valence-corrected chi connectivity index (χ2v) is 5.85. The standard InChI is InChI=1S/C8H18N.C6H7.C2H7Si.2ClH.Hf/c1-3-5-6-8(4-2)7-9;1-6-4-2-3-5-6;1-3-2;;;/h8-9H,3-7H2,1-2H3;4-5H,2H2,1H3;3H,1-2H3;2*1H;/q2*-1;;;;. The van der Waals surface area contributed by atoms with Crippen LogP contribution in [0.2, 0.25) is 13.1 Å². The van der Waals surface area contributed by atoms with Crippen LogP contribution in [0.4, 0.5) is 0 Å². The van der Waals surface area contributed by atoms with E-state index in [1.54, 1.807) is 0 Å². The number of hydrogen-bond acceptors (Lipinski definition) is 0. The summed E-state index contributed by atoms with van der Waals surface area (Å²) in [5.74, 6) is 0.671. The Hall–Kier alpha value is 1.11. The Labute approximate surface area is 167 Å². The van der Waals surface area contributed by atoms with E-state index in [4.69, 9.17) is 5.73 Å². The van der Waals surface area contributed by atoms with Crippen LogP contribution < -0.4 is 0 Å². The van der Waals surface area contributed by atoms with Gasteiger partial charge in [0.25, 0.3) is 0 Å². The maximum absolute atomic E-state index is 7.14. The zero-order chi connectivity index (χ0) is 14.2. The fourth-order valence-electron chi connectivity index (χ4n) is 1.44. The van der Waals surface area contributed by atoms with E-state index in [1.165, 1.54) is 31.3 Å². The van der Waals surface area contributed by atoms with Gasteiger partial charge in [0.15, 0.2) is 0 Å². The zero-order valence-corrected chi connectivity index (χ0v) is 20.7. The van der Waals surface area contributed by atoms with Gasteiger partial charge < -0.3 is 5.73 Å². The van der Waals surface area contributed by atoms with Crippen LogP contribution in [0.5, 0.6) is 0 Å². The maximum atomic E-state index is 7.14. The van der Waals surface area contributed by atoms with Crippen molar-refractivity contribution in [1.82, 2.24) is 0 Å². The second-order valence-electron chi connectivity index (χ2n) is 4.70. The Morgan fingerprint density at radius 2 is 1.81 bits per heavy atom. The van der Waals surface area contributed by atoms with Crippen molar-refractivity contribution in [2.75, 3.05) is 6.54 Å². The van der Waals surface area contributed by atoms with E-state index in [0.717, 1.165) is 15.9 Å². The Balaban J connectivity index is -0.0000000628. The van der Waals surface area contributed by atoms with Gasteiger partial charge in [-0.2, -0.15) is 6.08 Å². The normalized spacial score (nSPS) is 12.0. The number of allylic oxidation sites excluding steroid dienone is 4. The van der Waals surface area contributed by atoms with Gasteiger partial charge in [0.05, 0.1) is 0 Å². The molecule has 1 aliphatic rings. The van der Waals surface area contributed by atoms with Gasteiger partial charge in [-0.25, -0.2) is 11.6 Å². The van der Waals surface area contributed by atoms with Gasteiger partial charge in [0.1, 0.15) is 0 Å². The van der Waals surface area contributed by atoms with Crippen LogP contribution in [0.3, 0.4) is 0 Å². The van der Waals surface area contributed by atoms with Gasteiger partial charge in [-0.15, -0.1) is 44.7 Å². The Bertz CT molecular complexity index is 218. The summed E-state index contributed by atoms with van der Waals surface area (Å²) in [5.41, 5.74) is 8.48. The summed E-state index contributed by atoms with van der Waals surface area (Å²) in [6, 6.07) is 0. The van der Waals surface area contributed by atoms with Crippen LogP contribution in [-0.2, 0) is 25.8 Å². The summed E-state index contributed by atoms with van der Waals surface area (Å²) in [5, 5.41) is 0. The third-order valence-corrected chi connectivity index (χ3v) is 2.70. The molecule has 0 aromatic carbocycles. The van der Waals surface area contributed by atoms with E-state index < -0.39 is 0 Å². The number of nitrogens with one attached hydrogen (secondary N) is 1. The van der Waals surface area contributed by atoms with Crippen molar-refractivity contribution in [3.8, 4) is 0 Å². The molecule has 0 aromatic rings. The van der Waals surface area contributed by atoms with Crippen molar-refractivity contribution < 1.29 is 25.8 Å². The van der Waals surface area contributed by atoms with Gasteiger partial charge >= 0.3 is 0 Å². The predicted octanol–water partition coefficient (Wildman–Crippen LogP) is 6.31. The van der Waals surface area contributed by atoms with E-state index in [0.29, 0.717) is 12.5 Å². The van der Waals surface area contributed by atoms with Gasteiger partial charge in [-0.3, -0.25) is 6.08 Å². The number of rotatable bonds is 5. The molecule has 1 N–H and O–H groups in total. The minimum absolute atomic E-state index is 0. The molecule has 1 atom stereocenters. The molecule has 1 nitrogen and oxygen atoms in total. The smallest absolute Gasteiger partial charge is 0.0213 e. The maximum Gasteiger partial charge on any atom is 0.0213 e. The summed E-state index contributed by atoms with van der Waals surface area (Å²) in [7, 11) is 0.750. The molecule has 0 spiro atoms. The molecule has 21 heavy (non-hydrogen) atoms. The first-order valence-corrected chi connectivity index (χ1v) is 9.58. The van der Waals surface area contributed by atoms with Crippen molar-refractivity contribution in [1.29, 1.82) is 0 Å². The van der Waals surface area contributed by atoms with E-state index >= 15 is 0 Å². The Kier molecular flexibility index (Phi) is 46.7. The molecule has 127 valence electrons. The molecule has 0 aliphatic heterocycles. The van der Waals surface area contributed by atoms with Gasteiger partial charge in [-0.05, 0) is 0 Å². The summed E-state index contributed by atoms with van der Waals surface area (Å²) in [6.07, 6.45) is 13.3. The van der Waals surface area contributed by atoms with Crippen molar-refractivity contribution in [3.63, 3.8) is 0 Å². The molecule has 1 aliphatic carbocycles. The molecule has 0 heterocycles. The monoisotopic (exact) mass is 518 g/mol.